The molecule has 1 aromatic heterocycles. The SMILES string of the molecule is O=c1cn[n]([AlH2])c(=O)[nH]1. The zero-order valence-corrected chi connectivity index (χ0v) is 6.79. The van der Waals surface area contributed by atoms with Gasteiger partial charge in [-0.15, -0.1) is 0 Å². The summed E-state index contributed by atoms with van der Waals surface area (Å²) in [6.45, 7) is 0. The van der Waals surface area contributed by atoms with Gasteiger partial charge in [-0.25, -0.2) is 4.79 Å². The minimum Gasteiger partial charge on any atom is -0.323 e. The quantitative estimate of drug-likeness (QED) is 0.400. The summed E-state index contributed by atoms with van der Waals surface area (Å²) < 4.78 is 1.18. The highest BCUT2D eigenvalue weighted by Gasteiger charge is 1.86. The van der Waals surface area contributed by atoms with Gasteiger partial charge in [-0.3, -0.25) is 9.78 Å². The molecule has 0 fully saturated rings. The van der Waals surface area contributed by atoms with E-state index in [-0.39, 0.29) is 0 Å². The Bertz CT molecular complexity index is 313. The van der Waals surface area contributed by atoms with E-state index in [1.54, 1.807) is 0 Å². The van der Waals surface area contributed by atoms with Crippen LogP contribution in [-0.2, 0) is 0 Å². The number of nitrogens with zero attached hydrogens (tertiary/aromatic N) is 2. The molecule has 0 unspecified atom stereocenters. The van der Waals surface area contributed by atoms with Crippen molar-refractivity contribution in [2.45, 2.75) is 0 Å². The van der Waals surface area contributed by atoms with E-state index in [1.807, 2.05) is 0 Å². The Morgan fingerprint density at radius 1 is 1.67 bits per heavy atom. The molecule has 0 spiro atoms. The van der Waals surface area contributed by atoms with Crippen LogP contribution >= 0.6 is 0 Å². The van der Waals surface area contributed by atoms with E-state index in [1.165, 1.54) is 3.67 Å². The monoisotopic (exact) mass is 141 g/mol. The molecule has 6 heteroatoms. The van der Waals surface area contributed by atoms with E-state index in [2.05, 4.69) is 10.1 Å². The molecule has 0 atom stereocenters. The third-order valence-corrected chi connectivity index (χ3v) is 1.51. The van der Waals surface area contributed by atoms with Crippen LogP contribution in [0.4, 0.5) is 0 Å². The lowest BCUT2D eigenvalue weighted by Gasteiger charge is -1.89. The molecule has 0 saturated carbocycles. The maximum atomic E-state index is 10.5. The minimum atomic E-state index is -0.452. The van der Waals surface area contributed by atoms with Crippen molar-refractivity contribution < 1.29 is 0 Å². The molecule has 46 valence electrons. The highest BCUT2D eigenvalue weighted by molar-refractivity contribution is 6.05. The van der Waals surface area contributed by atoms with Crippen LogP contribution in [-0.4, -0.2) is 30.3 Å². The van der Waals surface area contributed by atoms with Crippen molar-refractivity contribution >= 4 is 16.5 Å². The van der Waals surface area contributed by atoms with Gasteiger partial charge in [0.15, 0.2) is 0 Å². The maximum absolute atomic E-state index is 10.5. The fourth-order valence-electron chi connectivity index (χ4n) is 0.410. The van der Waals surface area contributed by atoms with Gasteiger partial charge in [-0.2, -0.15) is 5.10 Å². The summed E-state index contributed by atoms with van der Waals surface area (Å²) in [7, 11) is 0. The van der Waals surface area contributed by atoms with Crippen molar-refractivity contribution in [3.63, 3.8) is 0 Å². The Hall–Kier alpha value is -0.858. The number of hydrogen-bond acceptors (Lipinski definition) is 3. The zero-order valence-electron chi connectivity index (χ0n) is 4.79. The minimum absolute atomic E-state index is 0.436. The van der Waals surface area contributed by atoms with Gasteiger partial charge in [0.05, 0.1) is 0 Å². The molecule has 0 radical (unpaired) electrons. The van der Waals surface area contributed by atoms with E-state index in [0.29, 0.717) is 16.5 Å². The van der Waals surface area contributed by atoms with Gasteiger partial charge in [0.1, 0.15) is 6.20 Å². The van der Waals surface area contributed by atoms with Gasteiger partial charge >= 0.3 is 22.2 Å². The lowest BCUT2D eigenvalue weighted by atomic mass is 10.9. The molecule has 1 aromatic rings. The summed E-state index contributed by atoms with van der Waals surface area (Å²) in [4.78, 5) is 22.9. The first-order valence-corrected chi connectivity index (χ1v) is 3.22. The summed E-state index contributed by atoms with van der Waals surface area (Å²) >= 11 is 0.497. The average Bonchev–Trinajstić information content (AvgIpc) is 1.80. The highest BCUT2D eigenvalue weighted by Crippen LogP contribution is 1.49. The Kier molecular flexibility index (Phi) is 1.51. The first kappa shape index (κ1) is 6.27. The lowest BCUT2D eigenvalue weighted by molar-refractivity contribution is 0.823. The van der Waals surface area contributed by atoms with Gasteiger partial charge in [0, 0.05) is 0 Å². The Morgan fingerprint density at radius 3 is 2.78 bits per heavy atom. The third kappa shape index (κ3) is 1.28. The van der Waals surface area contributed by atoms with Crippen LogP contribution in [0.3, 0.4) is 0 Å². The molecule has 0 amide bonds. The van der Waals surface area contributed by atoms with Crippen LogP contribution in [0.1, 0.15) is 0 Å². The molecule has 0 saturated heterocycles. The van der Waals surface area contributed by atoms with Crippen molar-refractivity contribution in [1.82, 2.24) is 13.7 Å². The van der Waals surface area contributed by atoms with E-state index < -0.39 is 11.2 Å². The largest absolute Gasteiger partial charge is 0.406 e. The third-order valence-electron chi connectivity index (χ3n) is 0.872. The van der Waals surface area contributed by atoms with Gasteiger partial charge < -0.3 is 3.67 Å². The summed E-state index contributed by atoms with van der Waals surface area (Å²) in [5, 5.41) is 3.50. The van der Waals surface area contributed by atoms with Crippen molar-refractivity contribution in [3.8, 4) is 0 Å². The lowest BCUT2D eigenvalue weighted by Crippen LogP contribution is -2.30. The van der Waals surface area contributed by atoms with Crippen molar-refractivity contribution in [3.05, 3.63) is 27.0 Å². The molecule has 0 aliphatic carbocycles. The maximum Gasteiger partial charge on any atom is 0.406 e. The van der Waals surface area contributed by atoms with E-state index in [0.717, 1.165) is 6.20 Å². The van der Waals surface area contributed by atoms with Gasteiger partial charge in [-0.05, 0) is 0 Å². The fourth-order valence-corrected chi connectivity index (χ4v) is 0.637. The molecular weight excluding hydrogens is 137 g/mol. The molecule has 9 heavy (non-hydrogen) atoms. The molecule has 1 rings (SSSR count). The first-order chi connectivity index (χ1) is 4.20. The Labute approximate surface area is 58.0 Å². The standard InChI is InChI=1S/C3H3N3O2.Al.2H/c7-2-1-4-6-3(8)5-2;;;/h1H,(H2,5,6,7,8);;;/q;+1;;/p-1. The topological polar surface area (TPSA) is 67.8 Å². The van der Waals surface area contributed by atoms with E-state index in [4.69, 9.17) is 0 Å². The normalized spacial score (nSPS) is 9.33. The number of aromatic amines is 1. The van der Waals surface area contributed by atoms with Crippen LogP contribution in [0.25, 0.3) is 0 Å². The van der Waals surface area contributed by atoms with Gasteiger partial charge in [0.2, 0.25) is 0 Å². The molecule has 1 heterocycles. The Balaban J connectivity index is 3.52. The zero-order chi connectivity index (χ0) is 6.85. The second-order valence-electron chi connectivity index (χ2n) is 1.56. The van der Waals surface area contributed by atoms with Gasteiger partial charge in [0.25, 0.3) is 5.56 Å². The summed E-state index contributed by atoms with van der Waals surface area (Å²) in [6, 6.07) is 0. The number of rotatable bonds is 0. The second-order valence-corrected chi connectivity index (χ2v) is 2.41. The Morgan fingerprint density at radius 2 is 2.33 bits per heavy atom. The van der Waals surface area contributed by atoms with Crippen LogP contribution in [0.15, 0.2) is 15.8 Å². The van der Waals surface area contributed by atoms with Crippen LogP contribution in [0.5, 0.6) is 0 Å². The summed E-state index contributed by atoms with van der Waals surface area (Å²) in [6.07, 6.45) is 1.08. The highest BCUT2D eigenvalue weighted by atomic mass is 27.1. The van der Waals surface area contributed by atoms with Crippen LogP contribution in [0, 0.1) is 0 Å². The van der Waals surface area contributed by atoms with Crippen molar-refractivity contribution in [2.24, 2.45) is 0 Å². The van der Waals surface area contributed by atoms with E-state index >= 15 is 0 Å². The molecule has 0 bridgehead atoms. The number of H-pyrrole nitrogens is 1. The average molecular weight is 141 g/mol. The molecular formula is C3H4AlN3O2. The summed E-state index contributed by atoms with van der Waals surface area (Å²) in [5.41, 5.74) is -0.888. The number of nitrogens with one attached hydrogen (secondary N) is 1. The van der Waals surface area contributed by atoms with Crippen molar-refractivity contribution in [1.29, 1.82) is 0 Å². The predicted octanol–water partition coefficient (Wildman–Crippen LogP) is -2.67. The molecule has 1 N–H and O–H groups in total. The van der Waals surface area contributed by atoms with Crippen LogP contribution < -0.4 is 11.2 Å². The number of hydrogen-bond donors (Lipinski definition) is 1. The second kappa shape index (κ2) is 2.17. The molecule has 0 aliphatic heterocycles. The predicted molar refractivity (Wildman–Crippen MR) is 33.1 cm³/mol. The smallest absolute Gasteiger partial charge is 0.323 e. The van der Waals surface area contributed by atoms with Gasteiger partial charge in [-0.1, -0.05) is 0 Å². The van der Waals surface area contributed by atoms with E-state index in [9.17, 15) is 9.59 Å². The van der Waals surface area contributed by atoms with Crippen LogP contribution in [0.2, 0.25) is 0 Å². The molecule has 0 aromatic carbocycles. The summed E-state index contributed by atoms with van der Waals surface area (Å²) in [5.74, 6) is 0. The molecule has 0 aliphatic rings. The van der Waals surface area contributed by atoms with Crippen molar-refractivity contribution in [2.75, 3.05) is 0 Å². The number of aromatic nitrogens is 3. The molecule has 5 nitrogen and oxygen atoms in total. The first-order valence-electron chi connectivity index (χ1n) is 2.33. The fraction of sp³-hybridized carbons (Fsp3) is 0.